The van der Waals surface area contributed by atoms with E-state index in [1.54, 1.807) is 41.4 Å². The molecule has 0 aliphatic carbocycles. The molecule has 30 heavy (non-hydrogen) atoms. The van der Waals surface area contributed by atoms with Crippen molar-refractivity contribution in [1.82, 2.24) is 15.6 Å². The van der Waals surface area contributed by atoms with E-state index in [0.717, 1.165) is 10.9 Å². The average Bonchev–Trinajstić information content (AvgIpc) is 3.37. The minimum absolute atomic E-state index is 0.106. The van der Waals surface area contributed by atoms with Crippen molar-refractivity contribution in [3.63, 3.8) is 0 Å². The van der Waals surface area contributed by atoms with Crippen LogP contribution in [0.3, 0.4) is 0 Å². The second kappa shape index (κ2) is 8.59. The van der Waals surface area contributed by atoms with Crippen molar-refractivity contribution in [2.75, 3.05) is 24.5 Å². The molecule has 0 bridgehead atoms. The van der Waals surface area contributed by atoms with E-state index >= 15 is 0 Å². The molecule has 1 atom stereocenters. The van der Waals surface area contributed by atoms with Crippen LogP contribution in [0.2, 0.25) is 5.02 Å². The van der Waals surface area contributed by atoms with Gasteiger partial charge in [-0.2, -0.15) is 0 Å². The topological polar surface area (TPSA) is 94.3 Å². The summed E-state index contributed by atoms with van der Waals surface area (Å²) in [5.41, 5.74) is 2.17. The number of hydrogen-bond acceptors (Lipinski definition) is 3. The van der Waals surface area contributed by atoms with Crippen molar-refractivity contribution < 1.29 is 14.4 Å². The lowest BCUT2D eigenvalue weighted by atomic mass is 10.1. The molecule has 3 aromatic rings. The molecular formula is C22H21ClN4O3. The third-order valence-corrected chi connectivity index (χ3v) is 5.40. The minimum Gasteiger partial charge on any atom is -0.361 e. The maximum Gasteiger partial charge on any atom is 0.252 e. The van der Waals surface area contributed by atoms with Crippen molar-refractivity contribution in [3.05, 3.63) is 65.3 Å². The molecule has 4 rings (SSSR count). The van der Waals surface area contributed by atoms with Gasteiger partial charge in [-0.15, -0.1) is 0 Å². The summed E-state index contributed by atoms with van der Waals surface area (Å²) in [4.78, 5) is 41.8. The number of hydrogen-bond donors (Lipinski definition) is 3. The van der Waals surface area contributed by atoms with Gasteiger partial charge in [0.15, 0.2) is 0 Å². The fourth-order valence-corrected chi connectivity index (χ4v) is 3.85. The molecule has 2 heterocycles. The SMILES string of the molecule is O=C(NCCNC(=O)[C@H]1CC(=O)N(c2cccc(Cl)c2)C1)c1cccc2[nH]ccc12. The number of fused-ring (bicyclic) bond motifs is 1. The van der Waals surface area contributed by atoms with Gasteiger partial charge in [0.05, 0.1) is 5.92 Å². The highest BCUT2D eigenvalue weighted by Crippen LogP contribution is 2.27. The van der Waals surface area contributed by atoms with Crippen molar-refractivity contribution in [2.24, 2.45) is 5.92 Å². The van der Waals surface area contributed by atoms with Crippen LogP contribution in [0.15, 0.2) is 54.7 Å². The summed E-state index contributed by atoms with van der Waals surface area (Å²) in [5, 5.41) is 7.01. The van der Waals surface area contributed by atoms with E-state index in [9.17, 15) is 14.4 Å². The van der Waals surface area contributed by atoms with Crippen molar-refractivity contribution in [3.8, 4) is 0 Å². The number of anilines is 1. The van der Waals surface area contributed by atoms with Gasteiger partial charge in [0.1, 0.15) is 0 Å². The first-order chi connectivity index (χ1) is 14.5. The van der Waals surface area contributed by atoms with Gasteiger partial charge in [-0.1, -0.05) is 23.7 Å². The van der Waals surface area contributed by atoms with E-state index < -0.39 is 5.92 Å². The molecule has 1 aromatic heterocycles. The van der Waals surface area contributed by atoms with E-state index in [2.05, 4.69) is 15.6 Å². The molecule has 1 aliphatic heterocycles. The first-order valence-corrected chi connectivity index (χ1v) is 10.1. The predicted molar refractivity (Wildman–Crippen MR) is 116 cm³/mol. The standard InChI is InChI=1S/C22H21ClN4O3/c23-15-3-1-4-16(12-15)27-13-14(11-20(27)28)21(29)25-9-10-26-22(30)18-5-2-6-19-17(18)7-8-24-19/h1-8,12,14,24H,9-11,13H2,(H,25,29)(H,26,30)/t14-/m0/s1. The highest BCUT2D eigenvalue weighted by atomic mass is 35.5. The maximum atomic E-state index is 12.5. The number of nitrogens with zero attached hydrogens (tertiary/aromatic N) is 1. The van der Waals surface area contributed by atoms with E-state index in [-0.39, 0.29) is 30.7 Å². The molecule has 7 nitrogen and oxygen atoms in total. The van der Waals surface area contributed by atoms with Gasteiger partial charge in [0.25, 0.3) is 5.91 Å². The van der Waals surface area contributed by atoms with E-state index in [0.29, 0.717) is 29.4 Å². The number of halogens is 1. The second-order valence-electron chi connectivity index (χ2n) is 7.18. The van der Waals surface area contributed by atoms with Crippen LogP contribution in [0, 0.1) is 5.92 Å². The minimum atomic E-state index is -0.430. The van der Waals surface area contributed by atoms with Crippen molar-refractivity contribution in [2.45, 2.75) is 6.42 Å². The Bertz CT molecular complexity index is 1110. The lowest BCUT2D eigenvalue weighted by Crippen LogP contribution is -2.38. The summed E-state index contributed by atoms with van der Waals surface area (Å²) in [6, 6.07) is 14.4. The lowest BCUT2D eigenvalue weighted by Gasteiger charge is -2.17. The largest absolute Gasteiger partial charge is 0.361 e. The summed E-state index contributed by atoms with van der Waals surface area (Å²) in [7, 11) is 0. The molecule has 0 saturated carbocycles. The van der Waals surface area contributed by atoms with Crippen LogP contribution in [0.4, 0.5) is 5.69 Å². The van der Waals surface area contributed by atoms with E-state index in [1.165, 1.54) is 0 Å². The van der Waals surface area contributed by atoms with E-state index in [4.69, 9.17) is 11.6 Å². The van der Waals surface area contributed by atoms with Gasteiger partial charge < -0.3 is 20.5 Å². The molecule has 154 valence electrons. The third kappa shape index (κ3) is 4.16. The zero-order chi connectivity index (χ0) is 21.1. The number of benzene rings is 2. The molecule has 0 radical (unpaired) electrons. The van der Waals surface area contributed by atoms with Crippen molar-refractivity contribution in [1.29, 1.82) is 0 Å². The Balaban J connectivity index is 1.27. The number of nitrogens with one attached hydrogen (secondary N) is 3. The monoisotopic (exact) mass is 424 g/mol. The number of amides is 3. The Kier molecular flexibility index (Phi) is 5.72. The quantitative estimate of drug-likeness (QED) is 0.531. The molecule has 1 fully saturated rings. The van der Waals surface area contributed by atoms with Crippen LogP contribution in [-0.4, -0.2) is 42.3 Å². The van der Waals surface area contributed by atoms with Gasteiger partial charge in [-0.3, -0.25) is 14.4 Å². The Morgan fingerprint density at radius 2 is 1.90 bits per heavy atom. The third-order valence-electron chi connectivity index (χ3n) is 5.17. The van der Waals surface area contributed by atoms with Gasteiger partial charge in [0, 0.05) is 59.4 Å². The molecule has 8 heteroatoms. The summed E-state index contributed by atoms with van der Waals surface area (Å²) >= 11 is 6.00. The Morgan fingerprint density at radius 3 is 2.73 bits per heavy atom. The first kappa shape index (κ1) is 20.0. The normalized spacial score (nSPS) is 16.1. The number of aromatic amines is 1. The average molecular weight is 425 g/mol. The highest BCUT2D eigenvalue weighted by Gasteiger charge is 2.35. The van der Waals surface area contributed by atoms with Crippen molar-refractivity contribution >= 4 is 45.9 Å². The Labute approximate surface area is 178 Å². The zero-order valence-corrected chi connectivity index (χ0v) is 16.9. The Morgan fingerprint density at radius 1 is 1.10 bits per heavy atom. The molecule has 0 spiro atoms. The predicted octanol–water partition coefficient (Wildman–Crippen LogP) is 2.72. The summed E-state index contributed by atoms with van der Waals surface area (Å²) in [6.45, 7) is 0.895. The van der Waals surface area contributed by atoms with Crippen LogP contribution in [-0.2, 0) is 9.59 Å². The van der Waals surface area contributed by atoms with Crippen LogP contribution in [0.1, 0.15) is 16.8 Å². The van der Waals surface area contributed by atoms with Gasteiger partial charge >= 0.3 is 0 Å². The van der Waals surface area contributed by atoms with Gasteiger partial charge in [-0.25, -0.2) is 0 Å². The Hall–Kier alpha value is -3.32. The summed E-state index contributed by atoms with van der Waals surface area (Å²) in [6.07, 6.45) is 1.94. The molecule has 0 unspecified atom stereocenters. The molecule has 3 N–H and O–H groups in total. The van der Waals surface area contributed by atoms with Gasteiger partial charge in [-0.05, 0) is 36.4 Å². The van der Waals surface area contributed by atoms with E-state index in [1.807, 2.05) is 18.2 Å². The van der Waals surface area contributed by atoms with Crippen LogP contribution >= 0.6 is 11.6 Å². The fraction of sp³-hybridized carbons (Fsp3) is 0.227. The number of aromatic nitrogens is 1. The number of carbonyl (C=O) groups is 3. The zero-order valence-electron chi connectivity index (χ0n) is 16.2. The summed E-state index contributed by atoms with van der Waals surface area (Å²) < 4.78 is 0. The number of carbonyl (C=O) groups excluding carboxylic acids is 3. The number of rotatable bonds is 6. The molecule has 3 amide bonds. The van der Waals surface area contributed by atoms with Crippen LogP contribution in [0.25, 0.3) is 10.9 Å². The number of H-pyrrole nitrogens is 1. The summed E-state index contributed by atoms with van der Waals surface area (Å²) in [5.74, 6) is -0.932. The lowest BCUT2D eigenvalue weighted by molar-refractivity contribution is -0.126. The fourth-order valence-electron chi connectivity index (χ4n) is 3.66. The van der Waals surface area contributed by atoms with Crippen LogP contribution < -0.4 is 15.5 Å². The van der Waals surface area contributed by atoms with Crippen LogP contribution in [0.5, 0.6) is 0 Å². The molecule has 1 saturated heterocycles. The maximum absolute atomic E-state index is 12.5. The second-order valence-corrected chi connectivity index (χ2v) is 7.61. The molecule has 2 aromatic carbocycles. The first-order valence-electron chi connectivity index (χ1n) is 9.71. The molecular weight excluding hydrogens is 404 g/mol. The van der Waals surface area contributed by atoms with Gasteiger partial charge in [0.2, 0.25) is 11.8 Å². The molecule has 1 aliphatic rings. The smallest absolute Gasteiger partial charge is 0.252 e. The highest BCUT2D eigenvalue weighted by molar-refractivity contribution is 6.31.